The normalized spacial score (nSPS) is 13.6. The van der Waals surface area contributed by atoms with Crippen LogP contribution >= 0.6 is 0 Å². The molecule has 0 fully saturated rings. The van der Waals surface area contributed by atoms with E-state index in [2.05, 4.69) is 5.32 Å². The first-order valence-electron chi connectivity index (χ1n) is 5.30. The Balaban J connectivity index is 3.98. The highest BCUT2D eigenvalue weighted by Gasteiger charge is 2.28. The van der Waals surface area contributed by atoms with Gasteiger partial charge >= 0.3 is 6.18 Å². The van der Waals surface area contributed by atoms with Crippen LogP contribution in [-0.4, -0.2) is 43.7 Å². The van der Waals surface area contributed by atoms with Gasteiger partial charge in [-0.1, -0.05) is 13.8 Å². The van der Waals surface area contributed by atoms with Crippen LogP contribution in [0.1, 0.15) is 20.3 Å². The van der Waals surface area contributed by atoms with Gasteiger partial charge in [-0.3, -0.25) is 4.79 Å². The molecule has 0 aliphatic heterocycles. The van der Waals surface area contributed by atoms with Gasteiger partial charge in [0.25, 0.3) is 0 Å². The highest BCUT2D eigenvalue weighted by Crippen LogP contribution is 2.19. The van der Waals surface area contributed by atoms with Crippen molar-refractivity contribution in [1.82, 2.24) is 10.2 Å². The smallest absolute Gasteiger partial charge is 0.345 e. The van der Waals surface area contributed by atoms with E-state index in [1.165, 1.54) is 7.05 Å². The third kappa shape index (κ3) is 6.66. The standard InChI is InChI=1S/C10H19F3N2O/c1-4-14-7-8(2)9(16)15(3)6-5-10(11,12)13/h8,14H,4-7H2,1-3H3. The second kappa shape index (κ2) is 6.73. The molecular weight excluding hydrogens is 221 g/mol. The molecule has 0 radical (unpaired) electrons. The number of amides is 1. The van der Waals surface area contributed by atoms with Gasteiger partial charge in [-0.2, -0.15) is 13.2 Å². The molecule has 0 bridgehead atoms. The average molecular weight is 240 g/mol. The highest BCUT2D eigenvalue weighted by molar-refractivity contribution is 5.78. The first-order valence-corrected chi connectivity index (χ1v) is 5.30. The van der Waals surface area contributed by atoms with Crippen LogP contribution in [0.2, 0.25) is 0 Å². The lowest BCUT2D eigenvalue weighted by atomic mass is 10.1. The number of rotatable bonds is 6. The molecule has 0 rings (SSSR count). The monoisotopic (exact) mass is 240 g/mol. The van der Waals surface area contributed by atoms with Crippen LogP contribution in [0.5, 0.6) is 0 Å². The molecule has 0 saturated carbocycles. The van der Waals surface area contributed by atoms with E-state index in [4.69, 9.17) is 0 Å². The third-order valence-electron chi connectivity index (χ3n) is 2.23. The molecule has 0 heterocycles. The summed E-state index contributed by atoms with van der Waals surface area (Å²) >= 11 is 0. The van der Waals surface area contributed by atoms with Crippen LogP contribution < -0.4 is 5.32 Å². The number of carbonyl (C=O) groups is 1. The molecule has 0 aromatic heterocycles. The number of carbonyl (C=O) groups excluding carboxylic acids is 1. The number of hydrogen-bond acceptors (Lipinski definition) is 2. The molecule has 6 heteroatoms. The highest BCUT2D eigenvalue weighted by atomic mass is 19.4. The van der Waals surface area contributed by atoms with Gasteiger partial charge in [0.05, 0.1) is 6.42 Å². The van der Waals surface area contributed by atoms with Crippen LogP contribution in [0.25, 0.3) is 0 Å². The zero-order chi connectivity index (χ0) is 12.8. The molecule has 1 unspecified atom stereocenters. The van der Waals surface area contributed by atoms with Crippen LogP contribution in [0, 0.1) is 5.92 Å². The van der Waals surface area contributed by atoms with E-state index >= 15 is 0 Å². The number of hydrogen-bond donors (Lipinski definition) is 1. The Labute approximate surface area is 94.0 Å². The van der Waals surface area contributed by atoms with Crippen LogP contribution in [0.3, 0.4) is 0 Å². The van der Waals surface area contributed by atoms with E-state index in [0.29, 0.717) is 6.54 Å². The Hall–Kier alpha value is -0.780. The number of nitrogens with one attached hydrogen (secondary N) is 1. The molecule has 1 N–H and O–H groups in total. The first kappa shape index (κ1) is 15.2. The summed E-state index contributed by atoms with van der Waals surface area (Å²) in [6, 6.07) is 0. The zero-order valence-electron chi connectivity index (χ0n) is 9.90. The number of halogens is 3. The molecule has 16 heavy (non-hydrogen) atoms. The van der Waals surface area contributed by atoms with Gasteiger partial charge in [0.15, 0.2) is 0 Å². The van der Waals surface area contributed by atoms with Gasteiger partial charge in [0, 0.05) is 26.1 Å². The van der Waals surface area contributed by atoms with Crippen LogP contribution in [-0.2, 0) is 4.79 Å². The largest absolute Gasteiger partial charge is 0.390 e. The molecule has 0 aliphatic carbocycles. The van der Waals surface area contributed by atoms with Crippen molar-refractivity contribution in [2.45, 2.75) is 26.4 Å². The lowest BCUT2D eigenvalue weighted by molar-refractivity contribution is -0.145. The van der Waals surface area contributed by atoms with Crippen molar-refractivity contribution in [1.29, 1.82) is 0 Å². The lowest BCUT2D eigenvalue weighted by Gasteiger charge is -2.22. The van der Waals surface area contributed by atoms with E-state index < -0.39 is 12.6 Å². The fourth-order valence-electron chi connectivity index (χ4n) is 1.23. The van der Waals surface area contributed by atoms with Crippen molar-refractivity contribution in [3.05, 3.63) is 0 Å². The fourth-order valence-corrected chi connectivity index (χ4v) is 1.23. The van der Waals surface area contributed by atoms with Gasteiger partial charge in [-0.25, -0.2) is 0 Å². The third-order valence-corrected chi connectivity index (χ3v) is 2.23. The minimum atomic E-state index is -4.21. The summed E-state index contributed by atoms with van der Waals surface area (Å²) in [5.41, 5.74) is 0. The molecule has 0 aromatic rings. The van der Waals surface area contributed by atoms with Gasteiger partial charge in [-0.15, -0.1) is 0 Å². The minimum Gasteiger partial charge on any atom is -0.345 e. The SMILES string of the molecule is CCNCC(C)C(=O)N(C)CCC(F)(F)F. The van der Waals surface area contributed by atoms with E-state index in [9.17, 15) is 18.0 Å². The van der Waals surface area contributed by atoms with Crippen molar-refractivity contribution < 1.29 is 18.0 Å². The summed E-state index contributed by atoms with van der Waals surface area (Å²) in [6.45, 7) is 4.56. The summed E-state index contributed by atoms with van der Waals surface area (Å²) in [4.78, 5) is 12.7. The summed E-state index contributed by atoms with van der Waals surface area (Å²) in [6.07, 6.45) is -5.16. The van der Waals surface area contributed by atoms with Crippen molar-refractivity contribution in [3.63, 3.8) is 0 Å². The first-order chi connectivity index (χ1) is 7.28. The van der Waals surface area contributed by atoms with Crippen LogP contribution in [0.4, 0.5) is 13.2 Å². The van der Waals surface area contributed by atoms with Gasteiger partial charge in [0.1, 0.15) is 0 Å². The predicted octanol–water partition coefficient (Wildman–Crippen LogP) is 1.64. The maximum atomic E-state index is 11.9. The van der Waals surface area contributed by atoms with Crippen molar-refractivity contribution in [2.75, 3.05) is 26.7 Å². The van der Waals surface area contributed by atoms with E-state index in [1.807, 2.05) is 6.92 Å². The van der Waals surface area contributed by atoms with Crippen molar-refractivity contribution in [3.8, 4) is 0 Å². The summed E-state index contributed by atoms with van der Waals surface area (Å²) in [7, 11) is 1.40. The summed E-state index contributed by atoms with van der Waals surface area (Å²) < 4.78 is 35.8. The van der Waals surface area contributed by atoms with Gasteiger partial charge in [0.2, 0.25) is 5.91 Å². The Morgan fingerprint density at radius 1 is 1.44 bits per heavy atom. The lowest BCUT2D eigenvalue weighted by Crippen LogP contribution is -2.38. The fraction of sp³-hybridized carbons (Fsp3) is 0.900. The topological polar surface area (TPSA) is 32.3 Å². The summed E-state index contributed by atoms with van der Waals surface area (Å²) in [5, 5.41) is 2.99. The number of nitrogens with zero attached hydrogens (tertiary/aromatic N) is 1. The molecule has 0 spiro atoms. The average Bonchev–Trinajstić information content (AvgIpc) is 2.20. The van der Waals surface area contributed by atoms with E-state index in [0.717, 1.165) is 11.4 Å². The van der Waals surface area contributed by atoms with E-state index in [1.54, 1.807) is 6.92 Å². The molecule has 0 saturated heterocycles. The molecule has 0 aromatic carbocycles. The Morgan fingerprint density at radius 2 is 2.00 bits per heavy atom. The second-order valence-corrected chi connectivity index (χ2v) is 3.83. The Morgan fingerprint density at radius 3 is 2.44 bits per heavy atom. The number of alkyl halides is 3. The maximum Gasteiger partial charge on any atom is 0.390 e. The quantitative estimate of drug-likeness (QED) is 0.765. The molecule has 1 amide bonds. The second-order valence-electron chi connectivity index (χ2n) is 3.83. The maximum absolute atomic E-state index is 11.9. The van der Waals surface area contributed by atoms with E-state index in [-0.39, 0.29) is 18.4 Å². The summed E-state index contributed by atoms with van der Waals surface area (Å²) in [5.74, 6) is -0.552. The Kier molecular flexibility index (Phi) is 6.40. The molecule has 0 aliphatic rings. The van der Waals surface area contributed by atoms with Gasteiger partial charge < -0.3 is 10.2 Å². The molecule has 1 atom stereocenters. The van der Waals surface area contributed by atoms with Crippen molar-refractivity contribution >= 4 is 5.91 Å². The van der Waals surface area contributed by atoms with Crippen molar-refractivity contribution in [2.24, 2.45) is 5.92 Å². The Bertz CT molecular complexity index is 219. The van der Waals surface area contributed by atoms with Gasteiger partial charge in [-0.05, 0) is 6.54 Å². The predicted molar refractivity (Wildman–Crippen MR) is 56.0 cm³/mol. The molecular formula is C10H19F3N2O. The molecule has 96 valence electrons. The zero-order valence-corrected chi connectivity index (χ0v) is 9.90. The van der Waals surface area contributed by atoms with Crippen LogP contribution in [0.15, 0.2) is 0 Å². The minimum absolute atomic E-state index is 0.259. The molecule has 3 nitrogen and oxygen atoms in total.